The van der Waals surface area contributed by atoms with Crippen molar-refractivity contribution in [2.75, 3.05) is 5.32 Å². The van der Waals surface area contributed by atoms with E-state index in [1.807, 2.05) is 6.92 Å². The molecule has 1 aliphatic rings. The number of amides is 1. The highest BCUT2D eigenvalue weighted by Gasteiger charge is 2.15. The summed E-state index contributed by atoms with van der Waals surface area (Å²) in [5.74, 6) is -0.0380. The van der Waals surface area contributed by atoms with Crippen LogP contribution in [0.5, 0.6) is 0 Å². The maximum absolute atomic E-state index is 11.6. The van der Waals surface area contributed by atoms with Crippen LogP contribution >= 0.6 is 23.7 Å². The molecule has 1 heterocycles. The number of nitrogens with zero attached hydrogens (tertiary/aromatic N) is 1. The summed E-state index contributed by atoms with van der Waals surface area (Å²) in [6.07, 6.45) is 6.25. The summed E-state index contributed by atoms with van der Waals surface area (Å²) in [5.41, 5.74) is 6.77. The number of rotatable bonds is 3. The molecule has 0 radical (unpaired) electrons. The Morgan fingerprint density at radius 1 is 1.44 bits per heavy atom. The van der Waals surface area contributed by atoms with Crippen LogP contribution in [-0.4, -0.2) is 16.9 Å². The number of carbonyl (C=O) groups is 1. The van der Waals surface area contributed by atoms with Crippen LogP contribution in [0.15, 0.2) is 0 Å². The first-order chi connectivity index (χ1) is 8.15. The molecule has 1 unspecified atom stereocenters. The van der Waals surface area contributed by atoms with Crippen molar-refractivity contribution in [3.63, 3.8) is 0 Å². The van der Waals surface area contributed by atoms with Crippen LogP contribution in [0.3, 0.4) is 0 Å². The molecule has 0 bridgehead atoms. The van der Waals surface area contributed by atoms with Gasteiger partial charge in [0.05, 0.1) is 5.69 Å². The molecule has 1 aromatic heterocycles. The van der Waals surface area contributed by atoms with Crippen molar-refractivity contribution in [2.24, 2.45) is 5.73 Å². The van der Waals surface area contributed by atoms with E-state index in [-0.39, 0.29) is 24.4 Å². The SMILES string of the molecule is CC(N)CC(=O)Nc1nc2c(s1)CCCCC2.Cl. The molecule has 0 saturated heterocycles. The van der Waals surface area contributed by atoms with Crippen molar-refractivity contribution >= 4 is 34.8 Å². The van der Waals surface area contributed by atoms with Crippen LogP contribution in [0.1, 0.15) is 43.2 Å². The Morgan fingerprint density at radius 3 is 2.89 bits per heavy atom. The summed E-state index contributed by atoms with van der Waals surface area (Å²) in [5, 5.41) is 3.58. The van der Waals surface area contributed by atoms with Crippen molar-refractivity contribution in [3.05, 3.63) is 10.6 Å². The zero-order valence-electron chi connectivity index (χ0n) is 10.6. The second-order valence-electron chi connectivity index (χ2n) is 4.68. The fraction of sp³-hybridized carbons (Fsp3) is 0.667. The topological polar surface area (TPSA) is 68.0 Å². The molecule has 0 saturated carbocycles. The van der Waals surface area contributed by atoms with Gasteiger partial charge in [-0.1, -0.05) is 6.42 Å². The van der Waals surface area contributed by atoms with Gasteiger partial charge in [-0.05, 0) is 32.6 Å². The van der Waals surface area contributed by atoms with E-state index in [2.05, 4.69) is 10.3 Å². The van der Waals surface area contributed by atoms with Gasteiger partial charge >= 0.3 is 0 Å². The van der Waals surface area contributed by atoms with Crippen LogP contribution in [0.2, 0.25) is 0 Å². The molecule has 0 aromatic carbocycles. The van der Waals surface area contributed by atoms with Gasteiger partial charge in [-0.15, -0.1) is 23.7 Å². The molecule has 1 amide bonds. The number of nitrogens with two attached hydrogens (primary N) is 1. The van der Waals surface area contributed by atoms with E-state index in [0.29, 0.717) is 6.42 Å². The normalized spacial score (nSPS) is 16.1. The van der Waals surface area contributed by atoms with Crippen LogP contribution in [0.4, 0.5) is 5.13 Å². The predicted molar refractivity (Wildman–Crippen MR) is 77.5 cm³/mol. The second-order valence-corrected chi connectivity index (χ2v) is 5.76. The van der Waals surface area contributed by atoms with E-state index in [4.69, 9.17) is 5.73 Å². The molecule has 4 nitrogen and oxygen atoms in total. The standard InChI is InChI=1S/C12H19N3OS.ClH/c1-8(13)7-11(16)15-12-14-9-5-3-2-4-6-10(9)17-12;/h8H,2-7,13H2,1H3,(H,14,15,16);1H. The minimum atomic E-state index is -0.104. The lowest BCUT2D eigenvalue weighted by molar-refractivity contribution is -0.116. The summed E-state index contributed by atoms with van der Waals surface area (Å²) in [4.78, 5) is 17.4. The Morgan fingerprint density at radius 2 is 2.17 bits per heavy atom. The van der Waals surface area contributed by atoms with Crippen molar-refractivity contribution in [3.8, 4) is 0 Å². The van der Waals surface area contributed by atoms with E-state index in [9.17, 15) is 4.79 Å². The molecular weight excluding hydrogens is 270 g/mol. The van der Waals surface area contributed by atoms with Crippen LogP contribution in [0, 0.1) is 0 Å². The number of thiazole rings is 1. The molecule has 18 heavy (non-hydrogen) atoms. The van der Waals surface area contributed by atoms with Gasteiger partial charge in [0.15, 0.2) is 5.13 Å². The molecule has 0 aliphatic heterocycles. The molecule has 0 fully saturated rings. The largest absolute Gasteiger partial charge is 0.327 e. The number of halogens is 1. The first-order valence-electron chi connectivity index (χ1n) is 6.19. The quantitative estimate of drug-likeness (QED) is 0.840. The third-order valence-electron chi connectivity index (χ3n) is 2.85. The first-order valence-corrected chi connectivity index (χ1v) is 7.01. The number of anilines is 1. The Bertz CT molecular complexity index is 383. The lowest BCUT2D eigenvalue weighted by atomic mass is 10.2. The predicted octanol–water partition coefficient (Wildman–Crippen LogP) is 2.51. The Kier molecular flexibility index (Phi) is 6.05. The number of aryl methyl sites for hydroxylation is 2. The minimum Gasteiger partial charge on any atom is -0.327 e. The summed E-state index contributed by atoms with van der Waals surface area (Å²) < 4.78 is 0. The van der Waals surface area contributed by atoms with Gasteiger partial charge in [0.1, 0.15) is 0 Å². The lowest BCUT2D eigenvalue weighted by Gasteiger charge is -2.03. The highest BCUT2D eigenvalue weighted by atomic mass is 35.5. The molecule has 6 heteroatoms. The highest BCUT2D eigenvalue weighted by molar-refractivity contribution is 7.15. The molecule has 1 atom stereocenters. The maximum Gasteiger partial charge on any atom is 0.227 e. The Labute approximate surface area is 118 Å². The molecule has 1 aromatic rings. The van der Waals surface area contributed by atoms with Gasteiger partial charge in [-0.25, -0.2) is 4.98 Å². The molecule has 102 valence electrons. The number of carbonyl (C=O) groups excluding carboxylic acids is 1. The maximum atomic E-state index is 11.6. The number of nitrogens with one attached hydrogen (secondary N) is 1. The van der Waals surface area contributed by atoms with Gasteiger partial charge in [-0.2, -0.15) is 0 Å². The third-order valence-corrected chi connectivity index (χ3v) is 3.92. The van der Waals surface area contributed by atoms with Crippen LogP contribution in [-0.2, 0) is 17.6 Å². The summed E-state index contributed by atoms with van der Waals surface area (Å²) >= 11 is 1.62. The monoisotopic (exact) mass is 289 g/mol. The van der Waals surface area contributed by atoms with Crippen molar-refractivity contribution in [1.82, 2.24) is 4.98 Å². The van der Waals surface area contributed by atoms with E-state index in [1.54, 1.807) is 11.3 Å². The smallest absolute Gasteiger partial charge is 0.227 e. The number of hydrogen-bond acceptors (Lipinski definition) is 4. The Balaban J connectivity index is 0.00000162. The minimum absolute atomic E-state index is 0. The average Bonchev–Trinajstić information content (AvgIpc) is 2.46. The van der Waals surface area contributed by atoms with Gasteiger partial charge in [-0.3, -0.25) is 4.79 Å². The van der Waals surface area contributed by atoms with Crippen molar-refractivity contribution < 1.29 is 4.79 Å². The molecule has 3 N–H and O–H groups in total. The molecule has 0 spiro atoms. The molecule has 1 aliphatic carbocycles. The van der Waals surface area contributed by atoms with Crippen LogP contribution in [0.25, 0.3) is 0 Å². The molecular formula is C12H20ClN3OS. The van der Waals surface area contributed by atoms with Gasteiger partial charge in [0, 0.05) is 17.3 Å². The van der Waals surface area contributed by atoms with Gasteiger partial charge in [0.2, 0.25) is 5.91 Å². The average molecular weight is 290 g/mol. The van der Waals surface area contributed by atoms with E-state index in [0.717, 1.165) is 18.0 Å². The summed E-state index contributed by atoms with van der Waals surface area (Å²) in [7, 11) is 0. The van der Waals surface area contributed by atoms with Gasteiger partial charge < -0.3 is 11.1 Å². The summed E-state index contributed by atoms with van der Waals surface area (Å²) in [6, 6.07) is -0.104. The third kappa shape index (κ3) is 4.23. The van der Waals surface area contributed by atoms with Crippen molar-refractivity contribution in [1.29, 1.82) is 0 Å². The van der Waals surface area contributed by atoms with Crippen molar-refractivity contribution in [2.45, 2.75) is 51.5 Å². The van der Waals surface area contributed by atoms with Crippen LogP contribution < -0.4 is 11.1 Å². The summed E-state index contributed by atoms with van der Waals surface area (Å²) in [6.45, 7) is 1.83. The number of fused-ring (bicyclic) bond motifs is 1. The van der Waals surface area contributed by atoms with E-state index < -0.39 is 0 Å². The van der Waals surface area contributed by atoms with E-state index in [1.165, 1.54) is 29.8 Å². The number of aromatic nitrogens is 1. The Hall–Kier alpha value is -0.650. The second kappa shape index (κ2) is 7.07. The zero-order chi connectivity index (χ0) is 12.3. The highest BCUT2D eigenvalue weighted by Crippen LogP contribution is 2.28. The first kappa shape index (κ1) is 15.4. The fourth-order valence-electron chi connectivity index (χ4n) is 2.04. The van der Waals surface area contributed by atoms with E-state index >= 15 is 0 Å². The lowest BCUT2D eigenvalue weighted by Crippen LogP contribution is -2.23. The zero-order valence-corrected chi connectivity index (χ0v) is 12.2. The molecule has 2 rings (SSSR count). The van der Waals surface area contributed by atoms with Gasteiger partial charge in [0.25, 0.3) is 0 Å². The number of hydrogen-bond donors (Lipinski definition) is 2. The fourth-order valence-corrected chi connectivity index (χ4v) is 3.11.